The molecular weight excluding hydrogens is 260 g/mol. The Bertz CT molecular complexity index is 480. The Balaban J connectivity index is 1.68. The van der Waals surface area contributed by atoms with Gasteiger partial charge in [0.15, 0.2) is 0 Å². The minimum Gasteiger partial charge on any atom is -0.508 e. The number of phenolic OH excluding ortho intramolecular Hbond substituents is 1. The summed E-state index contributed by atoms with van der Waals surface area (Å²) in [7, 11) is 4.49. The molecule has 0 aromatic heterocycles. The van der Waals surface area contributed by atoms with E-state index in [1.54, 1.807) is 0 Å². The second kappa shape index (κ2) is 6.37. The Hall–Kier alpha value is -1.06. The van der Waals surface area contributed by atoms with Crippen LogP contribution in [0.2, 0.25) is 0 Å². The fourth-order valence-electron chi connectivity index (χ4n) is 4.00. The number of piperidine rings is 1. The van der Waals surface area contributed by atoms with Crippen LogP contribution in [0.4, 0.5) is 0 Å². The van der Waals surface area contributed by atoms with Gasteiger partial charge in [0, 0.05) is 12.6 Å². The second-order valence-electron chi connectivity index (χ2n) is 6.98. The first-order valence-electron chi connectivity index (χ1n) is 8.34. The molecule has 0 saturated carbocycles. The third kappa shape index (κ3) is 3.41. The van der Waals surface area contributed by atoms with E-state index in [0.29, 0.717) is 11.8 Å². The quantitative estimate of drug-likeness (QED) is 0.926. The average Bonchev–Trinajstić information content (AvgIpc) is 2.49. The summed E-state index contributed by atoms with van der Waals surface area (Å²) < 4.78 is 0. The van der Waals surface area contributed by atoms with E-state index < -0.39 is 0 Å². The largest absolute Gasteiger partial charge is 0.508 e. The van der Waals surface area contributed by atoms with Crippen LogP contribution < -0.4 is 0 Å². The highest BCUT2D eigenvalue weighted by atomic mass is 16.3. The van der Waals surface area contributed by atoms with Gasteiger partial charge in [0.25, 0.3) is 0 Å². The van der Waals surface area contributed by atoms with Crippen molar-refractivity contribution < 1.29 is 5.11 Å². The molecule has 3 nitrogen and oxygen atoms in total. The fourth-order valence-corrected chi connectivity index (χ4v) is 4.00. The molecule has 3 rings (SSSR count). The Labute approximate surface area is 128 Å². The summed E-state index contributed by atoms with van der Waals surface area (Å²) in [5, 5.41) is 9.81. The van der Waals surface area contributed by atoms with Crippen molar-refractivity contribution in [1.29, 1.82) is 0 Å². The Morgan fingerprint density at radius 3 is 2.76 bits per heavy atom. The molecule has 1 atom stereocenters. The van der Waals surface area contributed by atoms with Crippen LogP contribution in [-0.2, 0) is 6.42 Å². The van der Waals surface area contributed by atoms with Crippen molar-refractivity contribution in [3.05, 3.63) is 29.3 Å². The lowest BCUT2D eigenvalue weighted by Gasteiger charge is -2.37. The number of likely N-dealkylation sites (tertiary alicyclic amines) is 1. The molecule has 1 N–H and O–H groups in total. The van der Waals surface area contributed by atoms with Crippen molar-refractivity contribution in [2.45, 2.75) is 38.1 Å². The molecule has 1 aromatic rings. The fraction of sp³-hybridized carbons (Fsp3) is 0.667. The smallest absolute Gasteiger partial charge is 0.115 e. The van der Waals surface area contributed by atoms with Crippen LogP contribution in [0.5, 0.6) is 5.75 Å². The SMILES string of the molecule is CN1CCC(CN(C)C2CCCc3ccc(O)cc32)CC1. The third-order valence-electron chi connectivity index (χ3n) is 5.33. The van der Waals surface area contributed by atoms with Crippen LogP contribution in [0.15, 0.2) is 18.2 Å². The number of phenols is 1. The summed E-state index contributed by atoms with van der Waals surface area (Å²) in [6.45, 7) is 3.66. The summed E-state index contributed by atoms with van der Waals surface area (Å²) >= 11 is 0. The lowest BCUT2D eigenvalue weighted by atomic mass is 9.86. The van der Waals surface area contributed by atoms with E-state index in [1.807, 2.05) is 12.1 Å². The number of rotatable bonds is 3. The van der Waals surface area contributed by atoms with Gasteiger partial charge in [-0.3, -0.25) is 4.90 Å². The van der Waals surface area contributed by atoms with E-state index >= 15 is 0 Å². The molecule has 3 heteroatoms. The van der Waals surface area contributed by atoms with Crippen LogP contribution in [0.3, 0.4) is 0 Å². The van der Waals surface area contributed by atoms with Crippen LogP contribution >= 0.6 is 0 Å². The first-order chi connectivity index (χ1) is 10.1. The molecule has 0 radical (unpaired) electrons. The number of aryl methyl sites for hydroxylation is 1. The lowest BCUT2D eigenvalue weighted by molar-refractivity contribution is 0.141. The van der Waals surface area contributed by atoms with Crippen LogP contribution in [0.1, 0.15) is 42.9 Å². The van der Waals surface area contributed by atoms with E-state index in [1.165, 1.54) is 56.4 Å². The van der Waals surface area contributed by atoms with Crippen molar-refractivity contribution in [1.82, 2.24) is 9.80 Å². The Morgan fingerprint density at radius 1 is 1.24 bits per heavy atom. The average molecular weight is 288 g/mol. The van der Waals surface area contributed by atoms with Gasteiger partial charge in [-0.25, -0.2) is 0 Å². The lowest BCUT2D eigenvalue weighted by Crippen LogP contribution is -2.37. The summed E-state index contributed by atoms with van der Waals surface area (Å²) in [4.78, 5) is 4.97. The zero-order valence-electron chi connectivity index (χ0n) is 13.4. The Kier molecular flexibility index (Phi) is 4.51. The first-order valence-corrected chi connectivity index (χ1v) is 8.34. The van der Waals surface area contributed by atoms with Crippen LogP contribution in [-0.4, -0.2) is 48.6 Å². The number of nitrogens with zero attached hydrogens (tertiary/aromatic N) is 2. The van der Waals surface area contributed by atoms with Gasteiger partial charge < -0.3 is 10.0 Å². The van der Waals surface area contributed by atoms with Crippen molar-refractivity contribution >= 4 is 0 Å². The van der Waals surface area contributed by atoms with Gasteiger partial charge in [0.1, 0.15) is 5.75 Å². The zero-order chi connectivity index (χ0) is 14.8. The maximum absolute atomic E-state index is 9.81. The highest BCUT2D eigenvalue weighted by Crippen LogP contribution is 2.36. The standard InChI is InChI=1S/C18H28N2O/c1-19-10-8-14(9-11-19)13-20(2)18-5-3-4-15-6-7-16(21)12-17(15)18/h6-7,12,14,18,21H,3-5,8-11,13H2,1-2H3. The summed E-state index contributed by atoms with van der Waals surface area (Å²) in [6, 6.07) is 6.42. The minimum absolute atomic E-state index is 0.411. The minimum atomic E-state index is 0.411. The van der Waals surface area contributed by atoms with Crippen molar-refractivity contribution in [3.63, 3.8) is 0 Å². The van der Waals surface area contributed by atoms with E-state index in [9.17, 15) is 5.11 Å². The van der Waals surface area contributed by atoms with Crippen LogP contribution in [0, 0.1) is 5.92 Å². The molecule has 116 valence electrons. The summed E-state index contributed by atoms with van der Waals surface area (Å²) in [5.41, 5.74) is 2.79. The molecule has 21 heavy (non-hydrogen) atoms. The normalized spacial score (nSPS) is 24.2. The zero-order valence-corrected chi connectivity index (χ0v) is 13.4. The van der Waals surface area contributed by atoms with Crippen LogP contribution in [0.25, 0.3) is 0 Å². The monoisotopic (exact) mass is 288 g/mol. The third-order valence-corrected chi connectivity index (χ3v) is 5.33. The maximum atomic E-state index is 9.81. The highest BCUT2D eigenvalue weighted by Gasteiger charge is 2.26. The Morgan fingerprint density at radius 2 is 2.00 bits per heavy atom. The molecule has 0 spiro atoms. The first kappa shape index (κ1) is 14.9. The molecule has 1 heterocycles. The number of benzene rings is 1. The highest BCUT2D eigenvalue weighted by molar-refractivity contribution is 5.38. The van der Waals surface area contributed by atoms with Gasteiger partial charge in [-0.05, 0) is 88.5 Å². The topological polar surface area (TPSA) is 26.7 Å². The second-order valence-corrected chi connectivity index (χ2v) is 6.98. The van der Waals surface area contributed by atoms with Gasteiger partial charge in [-0.1, -0.05) is 6.07 Å². The van der Waals surface area contributed by atoms with Gasteiger partial charge in [0.05, 0.1) is 0 Å². The number of hydrogen-bond donors (Lipinski definition) is 1. The molecule has 1 fully saturated rings. The van der Waals surface area contributed by atoms with E-state index in [-0.39, 0.29) is 0 Å². The van der Waals surface area contributed by atoms with Crippen molar-refractivity contribution in [2.24, 2.45) is 5.92 Å². The summed E-state index contributed by atoms with van der Waals surface area (Å²) in [5.74, 6) is 1.24. The van der Waals surface area contributed by atoms with E-state index in [0.717, 1.165) is 12.3 Å². The molecule has 0 amide bonds. The molecule has 1 unspecified atom stereocenters. The van der Waals surface area contributed by atoms with Crippen molar-refractivity contribution in [2.75, 3.05) is 33.7 Å². The predicted octanol–water partition coefficient (Wildman–Crippen LogP) is 3.04. The van der Waals surface area contributed by atoms with Gasteiger partial charge in [0.2, 0.25) is 0 Å². The van der Waals surface area contributed by atoms with Crippen molar-refractivity contribution in [3.8, 4) is 5.75 Å². The molecular formula is C18H28N2O. The molecule has 0 bridgehead atoms. The predicted molar refractivity (Wildman–Crippen MR) is 86.6 cm³/mol. The molecule has 1 aromatic carbocycles. The molecule has 2 aliphatic rings. The molecule has 1 saturated heterocycles. The number of aromatic hydroxyl groups is 1. The molecule has 1 aliphatic heterocycles. The van der Waals surface area contributed by atoms with E-state index in [4.69, 9.17) is 0 Å². The number of hydrogen-bond acceptors (Lipinski definition) is 3. The van der Waals surface area contributed by atoms with Gasteiger partial charge in [-0.2, -0.15) is 0 Å². The number of fused-ring (bicyclic) bond motifs is 1. The van der Waals surface area contributed by atoms with Gasteiger partial charge in [-0.15, -0.1) is 0 Å². The molecule has 1 aliphatic carbocycles. The summed E-state index contributed by atoms with van der Waals surface area (Å²) in [6.07, 6.45) is 6.29. The maximum Gasteiger partial charge on any atom is 0.115 e. The van der Waals surface area contributed by atoms with Gasteiger partial charge >= 0.3 is 0 Å². The van der Waals surface area contributed by atoms with E-state index in [2.05, 4.69) is 30.0 Å².